The number of benzene rings is 2. The van der Waals surface area contributed by atoms with E-state index in [-0.39, 0.29) is 5.43 Å². The average molecular weight is 369 g/mol. The molecule has 0 spiro atoms. The van der Waals surface area contributed by atoms with E-state index in [1.165, 1.54) is 11.3 Å². The number of hydrogen-bond donors (Lipinski definition) is 1. The van der Waals surface area contributed by atoms with Crippen molar-refractivity contribution in [2.24, 2.45) is 0 Å². The fourth-order valence-electron chi connectivity index (χ4n) is 3.05. The van der Waals surface area contributed by atoms with Gasteiger partial charge in [0.2, 0.25) is 0 Å². The predicted octanol–water partition coefficient (Wildman–Crippen LogP) is 5.83. The Labute approximate surface area is 154 Å². The number of rotatable bonds is 4. The zero-order valence-electron chi connectivity index (χ0n) is 13.8. The topological polar surface area (TPSA) is 42.0 Å². The lowest BCUT2D eigenvalue weighted by molar-refractivity contribution is 0.832. The van der Waals surface area contributed by atoms with Crippen molar-refractivity contribution in [3.05, 3.63) is 57.7 Å². The lowest BCUT2D eigenvalue weighted by Crippen LogP contribution is -2.08. The van der Waals surface area contributed by atoms with Gasteiger partial charge < -0.3 is 5.32 Å². The third-order valence-electron chi connectivity index (χ3n) is 4.31. The molecule has 0 atom stereocenters. The van der Waals surface area contributed by atoms with Crippen LogP contribution in [0.3, 0.4) is 0 Å². The molecule has 5 heteroatoms. The number of nitrogens with zero attached hydrogens (tertiary/aromatic N) is 1. The minimum Gasteiger partial charge on any atom is -0.369 e. The van der Waals surface area contributed by atoms with E-state index in [4.69, 9.17) is 16.6 Å². The van der Waals surface area contributed by atoms with Crippen molar-refractivity contribution >= 4 is 59.8 Å². The highest BCUT2D eigenvalue weighted by molar-refractivity contribution is 7.25. The van der Waals surface area contributed by atoms with Crippen molar-refractivity contribution < 1.29 is 0 Å². The Morgan fingerprint density at radius 3 is 2.72 bits per heavy atom. The number of aromatic nitrogens is 1. The molecule has 0 saturated heterocycles. The highest BCUT2D eigenvalue weighted by atomic mass is 35.5. The largest absolute Gasteiger partial charge is 0.369 e. The Morgan fingerprint density at radius 2 is 1.88 bits per heavy atom. The Hall–Kier alpha value is -2.17. The van der Waals surface area contributed by atoms with Gasteiger partial charge in [0.25, 0.3) is 0 Å². The molecule has 4 aromatic rings. The van der Waals surface area contributed by atoms with Crippen molar-refractivity contribution in [2.75, 3.05) is 11.9 Å². The van der Waals surface area contributed by atoms with Crippen molar-refractivity contribution in [3.8, 4) is 0 Å². The summed E-state index contributed by atoms with van der Waals surface area (Å²) in [5.41, 5.74) is 0.850. The molecule has 0 aliphatic carbocycles. The standard InChI is InChI=1S/C20H17ClN2OS/c1-2-3-11-22-20-19-16(12-7-4-5-10-15(12)23-20)17(24)13-8-6-9-14(21)18(13)25-19/h4-10H,2-3,11H2,1H3,(H,22,23). The molecule has 2 aromatic carbocycles. The van der Waals surface area contributed by atoms with Gasteiger partial charge in [0, 0.05) is 17.3 Å². The lowest BCUT2D eigenvalue weighted by atomic mass is 10.1. The number of halogens is 1. The molecule has 0 amide bonds. The van der Waals surface area contributed by atoms with E-state index in [2.05, 4.69) is 12.2 Å². The van der Waals surface area contributed by atoms with Crippen LogP contribution in [0.25, 0.3) is 31.1 Å². The normalized spacial score (nSPS) is 11.4. The fourth-order valence-corrected chi connectivity index (χ4v) is 4.50. The molecular weight excluding hydrogens is 352 g/mol. The average Bonchev–Trinajstić information content (AvgIpc) is 2.63. The Balaban J connectivity index is 2.14. The van der Waals surface area contributed by atoms with Gasteiger partial charge in [0.05, 0.1) is 25.3 Å². The highest BCUT2D eigenvalue weighted by Crippen LogP contribution is 2.36. The van der Waals surface area contributed by atoms with Gasteiger partial charge in [-0.25, -0.2) is 4.98 Å². The summed E-state index contributed by atoms with van der Waals surface area (Å²) in [7, 11) is 0. The SMILES string of the molecule is CCCCNc1nc2ccccc2c2c(=O)c3cccc(Cl)c3sc12. The maximum absolute atomic E-state index is 13.2. The van der Waals surface area contributed by atoms with E-state index in [0.717, 1.165) is 50.9 Å². The molecule has 0 unspecified atom stereocenters. The predicted molar refractivity (Wildman–Crippen MR) is 109 cm³/mol. The van der Waals surface area contributed by atoms with Crippen LogP contribution in [0.4, 0.5) is 5.82 Å². The first-order valence-electron chi connectivity index (χ1n) is 8.38. The molecule has 126 valence electrons. The fraction of sp³-hybridized carbons (Fsp3) is 0.200. The molecule has 0 aliphatic rings. The molecule has 4 rings (SSSR count). The van der Waals surface area contributed by atoms with Crippen molar-refractivity contribution in [1.82, 2.24) is 4.98 Å². The van der Waals surface area contributed by atoms with E-state index in [1.54, 1.807) is 0 Å². The van der Waals surface area contributed by atoms with E-state index in [0.29, 0.717) is 10.4 Å². The van der Waals surface area contributed by atoms with Gasteiger partial charge in [-0.15, -0.1) is 11.3 Å². The van der Waals surface area contributed by atoms with Crippen LogP contribution in [0.15, 0.2) is 47.3 Å². The molecule has 0 radical (unpaired) electrons. The van der Waals surface area contributed by atoms with Crippen LogP contribution in [-0.4, -0.2) is 11.5 Å². The van der Waals surface area contributed by atoms with Gasteiger partial charge in [-0.1, -0.05) is 49.2 Å². The summed E-state index contributed by atoms with van der Waals surface area (Å²) in [6.07, 6.45) is 2.16. The summed E-state index contributed by atoms with van der Waals surface area (Å²) in [6, 6.07) is 13.3. The zero-order chi connectivity index (χ0) is 17.4. The van der Waals surface area contributed by atoms with Crippen LogP contribution in [-0.2, 0) is 0 Å². The van der Waals surface area contributed by atoms with Crippen LogP contribution in [0, 0.1) is 0 Å². The lowest BCUT2D eigenvalue weighted by Gasteiger charge is -2.12. The Bertz CT molecular complexity index is 1150. The minimum absolute atomic E-state index is 0.0170. The summed E-state index contributed by atoms with van der Waals surface area (Å²) in [4.78, 5) is 18.0. The number of pyridine rings is 1. The molecule has 0 aliphatic heterocycles. The van der Waals surface area contributed by atoms with Crippen molar-refractivity contribution in [3.63, 3.8) is 0 Å². The second-order valence-corrected chi connectivity index (χ2v) is 7.44. The summed E-state index contributed by atoms with van der Waals surface area (Å²) >= 11 is 7.89. The zero-order valence-corrected chi connectivity index (χ0v) is 15.4. The molecule has 2 heterocycles. The van der Waals surface area contributed by atoms with E-state index < -0.39 is 0 Å². The van der Waals surface area contributed by atoms with Gasteiger partial charge in [0.15, 0.2) is 5.43 Å². The molecule has 1 N–H and O–H groups in total. The van der Waals surface area contributed by atoms with Crippen LogP contribution in [0.2, 0.25) is 5.02 Å². The molecular formula is C20H17ClN2OS. The number of hydrogen-bond acceptors (Lipinski definition) is 4. The highest BCUT2D eigenvalue weighted by Gasteiger charge is 2.15. The summed E-state index contributed by atoms with van der Waals surface area (Å²) in [6.45, 7) is 2.98. The molecule has 0 bridgehead atoms. The van der Waals surface area contributed by atoms with Crippen LogP contribution in [0.1, 0.15) is 19.8 Å². The molecule has 0 saturated carbocycles. The monoisotopic (exact) mass is 368 g/mol. The Morgan fingerprint density at radius 1 is 1.08 bits per heavy atom. The van der Waals surface area contributed by atoms with Gasteiger partial charge in [-0.05, 0) is 24.6 Å². The maximum atomic E-state index is 13.2. The van der Waals surface area contributed by atoms with E-state index in [9.17, 15) is 4.79 Å². The van der Waals surface area contributed by atoms with Crippen molar-refractivity contribution in [1.29, 1.82) is 0 Å². The first-order chi connectivity index (χ1) is 12.2. The van der Waals surface area contributed by atoms with Crippen molar-refractivity contribution in [2.45, 2.75) is 19.8 Å². The van der Waals surface area contributed by atoms with E-state index >= 15 is 0 Å². The maximum Gasteiger partial charge on any atom is 0.196 e. The molecule has 3 nitrogen and oxygen atoms in total. The molecule has 2 aromatic heterocycles. The first kappa shape index (κ1) is 16.3. The third-order valence-corrected chi connectivity index (χ3v) is 5.99. The Kier molecular flexibility index (Phi) is 4.32. The number of fused-ring (bicyclic) bond motifs is 4. The number of anilines is 1. The second-order valence-electron chi connectivity index (χ2n) is 6.01. The van der Waals surface area contributed by atoms with Gasteiger partial charge >= 0.3 is 0 Å². The smallest absolute Gasteiger partial charge is 0.196 e. The van der Waals surface area contributed by atoms with Crippen LogP contribution in [0.5, 0.6) is 0 Å². The number of nitrogens with one attached hydrogen (secondary N) is 1. The number of unbranched alkanes of at least 4 members (excludes halogenated alkanes) is 1. The van der Waals surface area contributed by atoms with E-state index in [1.807, 2.05) is 42.5 Å². The van der Waals surface area contributed by atoms with Gasteiger partial charge in [-0.3, -0.25) is 4.79 Å². The van der Waals surface area contributed by atoms with Gasteiger partial charge in [0.1, 0.15) is 5.82 Å². The molecule has 25 heavy (non-hydrogen) atoms. The molecule has 0 fully saturated rings. The minimum atomic E-state index is 0.0170. The number of para-hydroxylation sites is 1. The second kappa shape index (κ2) is 6.62. The quantitative estimate of drug-likeness (QED) is 0.280. The first-order valence-corrected chi connectivity index (χ1v) is 9.58. The summed E-state index contributed by atoms with van der Waals surface area (Å²) in [5.74, 6) is 0.770. The van der Waals surface area contributed by atoms with Crippen LogP contribution < -0.4 is 10.7 Å². The van der Waals surface area contributed by atoms with Gasteiger partial charge in [-0.2, -0.15) is 0 Å². The van der Waals surface area contributed by atoms with Crippen LogP contribution >= 0.6 is 22.9 Å². The summed E-state index contributed by atoms with van der Waals surface area (Å²) in [5, 5.41) is 6.30. The summed E-state index contributed by atoms with van der Waals surface area (Å²) < 4.78 is 1.69. The third kappa shape index (κ3) is 2.75.